The van der Waals surface area contributed by atoms with E-state index in [0.29, 0.717) is 11.4 Å². The number of halogens is 2. The Hall–Kier alpha value is -2.31. The molecule has 0 aliphatic carbocycles. The molecule has 0 bridgehead atoms. The summed E-state index contributed by atoms with van der Waals surface area (Å²) in [6.07, 6.45) is 1.22. The number of amides is 1. The largest absolute Gasteiger partial charge is 0.495 e. The zero-order chi connectivity index (χ0) is 17.7. The molecule has 1 amide bonds. The summed E-state index contributed by atoms with van der Waals surface area (Å²) in [6.45, 7) is 1.42. The lowest BCUT2D eigenvalue weighted by Gasteiger charge is -2.11. The normalized spacial score (nSPS) is 10.2. The van der Waals surface area contributed by atoms with Crippen molar-refractivity contribution in [2.75, 3.05) is 19.0 Å². The van der Waals surface area contributed by atoms with Gasteiger partial charge in [-0.25, -0.2) is 9.78 Å². The standard InChI is InChI=1S/C16H14Cl2N2O4/c1-9-3-4-13(23-2)12(5-9)20-14(21)8-24-16(22)10-6-11(17)15(18)19-7-10/h3-7H,8H2,1-2H3,(H,20,21). The maximum Gasteiger partial charge on any atom is 0.340 e. The maximum atomic E-state index is 11.9. The fourth-order valence-electron chi connectivity index (χ4n) is 1.85. The van der Waals surface area contributed by atoms with E-state index in [0.717, 1.165) is 5.56 Å². The summed E-state index contributed by atoms with van der Waals surface area (Å²) in [4.78, 5) is 27.6. The van der Waals surface area contributed by atoms with Gasteiger partial charge in [0.25, 0.3) is 5.91 Å². The van der Waals surface area contributed by atoms with Crippen molar-refractivity contribution in [3.8, 4) is 5.75 Å². The van der Waals surface area contributed by atoms with E-state index in [1.807, 2.05) is 13.0 Å². The second-order valence-corrected chi connectivity index (χ2v) is 5.59. The molecule has 24 heavy (non-hydrogen) atoms. The zero-order valence-electron chi connectivity index (χ0n) is 12.9. The summed E-state index contributed by atoms with van der Waals surface area (Å²) >= 11 is 11.5. The number of esters is 1. The highest BCUT2D eigenvalue weighted by Crippen LogP contribution is 2.25. The first kappa shape index (κ1) is 18.0. The van der Waals surface area contributed by atoms with Gasteiger partial charge in [-0.05, 0) is 30.7 Å². The molecule has 1 N–H and O–H groups in total. The number of carbonyl (C=O) groups excluding carboxylic acids is 2. The third-order valence-electron chi connectivity index (χ3n) is 3.00. The molecule has 1 heterocycles. The fraction of sp³-hybridized carbons (Fsp3) is 0.188. The van der Waals surface area contributed by atoms with E-state index >= 15 is 0 Å². The zero-order valence-corrected chi connectivity index (χ0v) is 14.4. The van der Waals surface area contributed by atoms with E-state index in [-0.39, 0.29) is 15.7 Å². The van der Waals surface area contributed by atoms with Crippen molar-refractivity contribution in [3.05, 3.63) is 51.8 Å². The molecule has 1 aromatic heterocycles. The highest BCUT2D eigenvalue weighted by atomic mass is 35.5. The Bertz CT molecular complexity index is 781. The fourth-order valence-corrected chi connectivity index (χ4v) is 2.12. The number of aryl methyl sites for hydroxylation is 1. The summed E-state index contributed by atoms with van der Waals surface area (Å²) in [5, 5.41) is 2.83. The van der Waals surface area contributed by atoms with Crippen LogP contribution in [0.2, 0.25) is 10.2 Å². The van der Waals surface area contributed by atoms with E-state index in [4.69, 9.17) is 32.7 Å². The third kappa shape index (κ3) is 4.59. The van der Waals surface area contributed by atoms with Crippen molar-refractivity contribution < 1.29 is 19.1 Å². The minimum absolute atomic E-state index is 0.0810. The van der Waals surface area contributed by atoms with Gasteiger partial charge < -0.3 is 14.8 Å². The Morgan fingerprint density at radius 1 is 1.25 bits per heavy atom. The summed E-state index contributed by atoms with van der Waals surface area (Å²) in [5.74, 6) is -0.721. The van der Waals surface area contributed by atoms with Gasteiger partial charge in [0.05, 0.1) is 23.4 Å². The monoisotopic (exact) mass is 368 g/mol. The molecule has 6 nitrogen and oxygen atoms in total. The molecule has 126 valence electrons. The first-order valence-electron chi connectivity index (χ1n) is 6.83. The number of nitrogens with zero attached hydrogens (tertiary/aromatic N) is 1. The quantitative estimate of drug-likeness (QED) is 0.645. The number of hydrogen-bond acceptors (Lipinski definition) is 5. The van der Waals surface area contributed by atoms with Gasteiger partial charge in [0.1, 0.15) is 10.9 Å². The molecule has 0 fully saturated rings. The average molecular weight is 369 g/mol. The number of hydrogen-bond donors (Lipinski definition) is 1. The van der Waals surface area contributed by atoms with Gasteiger partial charge in [-0.1, -0.05) is 29.3 Å². The first-order valence-corrected chi connectivity index (χ1v) is 7.59. The number of aromatic nitrogens is 1. The Labute approximate surface area is 148 Å². The van der Waals surface area contributed by atoms with E-state index < -0.39 is 18.5 Å². The summed E-state index contributed by atoms with van der Waals surface area (Å²) in [7, 11) is 1.50. The van der Waals surface area contributed by atoms with Crippen LogP contribution in [0.1, 0.15) is 15.9 Å². The van der Waals surface area contributed by atoms with E-state index in [9.17, 15) is 9.59 Å². The Kier molecular flexibility index (Phi) is 6.00. The summed E-state index contributed by atoms with van der Waals surface area (Å²) < 4.78 is 10.1. The van der Waals surface area contributed by atoms with E-state index in [1.54, 1.807) is 12.1 Å². The molecule has 0 aliphatic rings. The van der Waals surface area contributed by atoms with Gasteiger partial charge in [-0.3, -0.25) is 4.79 Å². The molecule has 0 atom stereocenters. The molecule has 2 aromatic rings. The predicted octanol–water partition coefficient (Wildman–Crippen LogP) is 3.50. The SMILES string of the molecule is COc1ccc(C)cc1NC(=O)COC(=O)c1cnc(Cl)c(Cl)c1. The van der Waals surface area contributed by atoms with Crippen molar-refractivity contribution >= 4 is 40.8 Å². The van der Waals surface area contributed by atoms with E-state index in [2.05, 4.69) is 10.3 Å². The van der Waals surface area contributed by atoms with Gasteiger partial charge >= 0.3 is 5.97 Å². The molecule has 0 saturated carbocycles. The Morgan fingerprint density at radius 3 is 2.67 bits per heavy atom. The van der Waals surface area contributed by atoms with Crippen LogP contribution in [0.4, 0.5) is 5.69 Å². The summed E-state index contributed by atoms with van der Waals surface area (Å²) in [6, 6.07) is 6.66. The molecule has 0 saturated heterocycles. The van der Waals surface area contributed by atoms with Crippen LogP contribution in [0.15, 0.2) is 30.5 Å². The number of anilines is 1. The van der Waals surface area contributed by atoms with Crippen molar-refractivity contribution in [2.45, 2.75) is 6.92 Å². The number of pyridine rings is 1. The molecule has 0 aliphatic heterocycles. The lowest BCUT2D eigenvalue weighted by molar-refractivity contribution is -0.119. The van der Waals surface area contributed by atoms with Gasteiger partial charge in [0.15, 0.2) is 6.61 Å². The second-order valence-electron chi connectivity index (χ2n) is 4.82. The smallest absolute Gasteiger partial charge is 0.340 e. The van der Waals surface area contributed by atoms with Crippen LogP contribution in [0, 0.1) is 6.92 Å². The first-order chi connectivity index (χ1) is 11.4. The number of benzene rings is 1. The van der Waals surface area contributed by atoms with Crippen molar-refractivity contribution in [3.63, 3.8) is 0 Å². The lowest BCUT2D eigenvalue weighted by atomic mass is 10.2. The molecular weight excluding hydrogens is 355 g/mol. The van der Waals surface area contributed by atoms with Crippen LogP contribution in [0.5, 0.6) is 5.75 Å². The average Bonchev–Trinajstić information content (AvgIpc) is 2.55. The van der Waals surface area contributed by atoms with Gasteiger partial charge in [0.2, 0.25) is 0 Å². The van der Waals surface area contributed by atoms with Gasteiger partial charge in [-0.15, -0.1) is 0 Å². The minimum Gasteiger partial charge on any atom is -0.495 e. The second kappa shape index (κ2) is 7.99. The topological polar surface area (TPSA) is 77.5 Å². The number of carbonyl (C=O) groups is 2. The highest BCUT2D eigenvalue weighted by Gasteiger charge is 2.14. The highest BCUT2D eigenvalue weighted by molar-refractivity contribution is 6.41. The predicted molar refractivity (Wildman–Crippen MR) is 90.9 cm³/mol. The number of nitrogens with one attached hydrogen (secondary N) is 1. The molecule has 0 radical (unpaired) electrons. The van der Waals surface area contributed by atoms with Crippen molar-refractivity contribution in [1.82, 2.24) is 4.98 Å². The van der Waals surface area contributed by atoms with Crippen LogP contribution in [-0.4, -0.2) is 30.6 Å². The molecular formula is C16H14Cl2N2O4. The number of methoxy groups -OCH3 is 1. The van der Waals surface area contributed by atoms with Gasteiger partial charge in [0, 0.05) is 6.20 Å². The van der Waals surface area contributed by atoms with Crippen LogP contribution < -0.4 is 10.1 Å². The molecule has 8 heteroatoms. The van der Waals surface area contributed by atoms with Crippen LogP contribution in [0.25, 0.3) is 0 Å². The van der Waals surface area contributed by atoms with Crippen LogP contribution in [-0.2, 0) is 9.53 Å². The molecule has 1 aromatic carbocycles. The third-order valence-corrected chi connectivity index (χ3v) is 3.68. The van der Waals surface area contributed by atoms with Crippen LogP contribution in [0.3, 0.4) is 0 Å². The maximum absolute atomic E-state index is 11.9. The molecule has 2 rings (SSSR count). The van der Waals surface area contributed by atoms with E-state index in [1.165, 1.54) is 19.4 Å². The van der Waals surface area contributed by atoms with Crippen molar-refractivity contribution in [1.29, 1.82) is 0 Å². The number of ether oxygens (including phenoxy) is 2. The molecule has 0 unspecified atom stereocenters. The lowest BCUT2D eigenvalue weighted by Crippen LogP contribution is -2.21. The Morgan fingerprint density at radius 2 is 2.00 bits per heavy atom. The van der Waals surface area contributed by atoms with Gasteiger partial charge in [-0.2, -0.15) is 0 Å². The van der Waals surface area contributed by atoms with Crippen molar-refractivity contribution in [2.24, 2.45) is 0 Å². The summed E-state index contributed by atoms with van der Waals surface area (Å²) in [5.41, 5.74) is 1.55. The van der Waals surface area contributed by atoms with Crippen LogP contribution >= 0.6 is 23.2 Å². The Balaban J connectivity index is 1.97. The number of rotatable bonds is 5. The minimum atomic E-state index is -0.729. The molecule has 0 spiro atoms.